The molecule has 1 amide bonds. The van der Waals surface area contributed by atoms with Crippen LogP contribution in [0.5, 0.6) is 0 Å². The summed E-state index contributed by atoms with van der Waals surface area (Å²) in [5.74, 6) is -0.0779. The lowest BCUT2D eigenvalue weighted by Gasteiger charge is -2.36. The zero-order valence-electron chi connectivity index (χ0n) is 16.7. The number of pyridine rings is 1. The van der Waals surface area contributed by atoms with Gasteiger partial charge in [-0.3, -0.25) is 9.59 Å². The van der Waals surface area contributed by atoms with Gasteiger partial charge in [-0.1, -0.05) is 39.1 Å². The molecular weight excluding hydrogens is 489 g/mol. The number of carbonyl (C=O) groups excluding carboxylic acids is 1. The number of carbonyl (C=O) groups is 1. The predicted molar refractivity (Wildman–Crippen MR) is 123 cm³/mol. The Balaban J connectivity index is 1.62. The van der Waals surface area contributed by atoms with Crippen LogP contribution in [0.4, 0.5) is 0 Å². The maximum Gasteiger partial charge on any atom is 0.250 e. The fourth-order valence-electron chi connectivity index (χ4n) is 4.21. The van der Waals surface area contributed by atoms with Crippen LogP contribution in [0.1, 0.15) is 36.3 Å². The van der Waals surface area contributed by atoms with Gasteiger partial charge in [-0.25, -0.2) is 0 Å². The van der Waals surface area contributed by atoms with Gasteiger partial charge in [0.25, 0.3) is 5.56 Å². The van der Waals surface area contributed by atoms with Crippen molar-refractivity contribution >= 4 is 45.0 Å². The van der Waals surface area contributed by atoms with Crippen molar-refractivity contribution in [2.75, 3.05) is 13.1 Å². The van der Waals surface area contributed by atoms with Gasteiger partial charge in [-0.2, -0.15) is 0 Å². The SMILES string of the molecule is Cn1ccc([C@H]2CCNC[C@@H]2C(=O)N(Cc2cc(Br)cc(Cl)c2Cl)C2CC2)cc1=O. The van der Waals surface area contributed by atoms with E-state index >= 15 is 0 Å². The van der Waals surface area contributed by atoms with Gasteiger partial charge in [0.15, 0.2) is 0 Å². The van der Waals surface area contributed by atoms with Gasteiger partial charge in [-0.15, -0.1) is 0 Å². The fraction of sp³-hybridized carbons (Fsp3) is 0.455. The number of aromatic nitrogens is 1. The molecule has 2 fully saturated rings. The Kier molecular flexibility index (Phi) is 6.58. The first-order valence-electron chi connectivity index (χ1n) is 10.2. The fourth-order valence-corrected chi connectivity index (χ4v) is 5.25. The van der Waals surface area contributed by atoms with E-state index in [4.69, 9.17) is 23.2 Å². The normalized spacial score (nSPS) is 21.5. The Morgan fingerprint density at radius 2 is 2.03 bits per heavy atom. The molecule has 0 spiro atoms. The van der Waals surface area contributed by atoms with Crippen molar-refractivity contribution in [2.45, 2.75) is 37.8 Å². The maximum atomic E-state index is 13.7. The van der Waals surface area contributed by atoms with Gasteiger partial charge in [0.05, 0.1) is 16.0 Å². The van der Waals surface area contributed by atoms with E-state index in [1.165, 1.54) is 0 Å². The molecule has 2 aliphatic rings. The first-order chi connectivity index (χ1) is 14.3. The smallest absolute Gasteiger partial charge is 0.250 e. The largest absolute Gasteiger partial charge is 0.335 e. The average molecular weight is 513 g/mol. The van der Waals surface area contributed by atoms with Crippen molar-refractivity contribution in [3.8, 4) is 0 Å². The molecule has 2 aromatic rings. The van der Waals surface area contributed by atoms with Gasteiger partial charge < -0.3 is 14.8 Å². The van der Waals surface area contributed by atoms with Gasteiger partial charge in [0.1, 0.15) is 0 Å². The third-order valence-electron chi connectivity index (χ3n) is 6.04. The Labute approximate surface area is 194 Å². The van der Waals surface area contributed by atoms with Crippen molar-refractivity contribution in [3.63, 3.8) is 0 Å². The molecule has 1 aromatic carbocycles. The van der Waals surface area contributed by atoms with Gasteiger partial charge in [-0.05, 0) is 61.1 Å². The molecule has 1 N–H and O–H groups in total. The molecule has 8 heteroatoms. The molecule has 0 unspecified atom stereocenters. The van der Waals surface area contributed by atoms with Gasteiger partial charge in [0, 0.05) is 42.9 Å². The van der Waals surface area contributed by atoms with Crippen LogP contribution in [-0.4, -0.2) is 34.5 Å². The highest BCUT2D eigenvalue weighted by molar-refractivity contribution is 9.10. The number of nitrogens with one attached hydrogen (secondary N) is 1. The second kappa shape index (κ2) is 9.03. The summed E-state index contributed by atoms with van der Waals surface area (Å²) in [6, 6.07) is 7.55. The van der Waals surface area contributed by atoms with Gasteiger partial charge >= 0.3 is 0 Å². The zero-order chi connectivity index (χ0) is 21.4. The molecule has 1 aliphatic carbocycles. The van der Waals surface area contributed by atoms with Crippen LogP contribution in [0.15, 0.2) is 39.7 Å². The van der Waals surface area contributed by atoms with Crippen LogP contribution in [-0.2, 0) is 18.4 Å². The first kappa shape index (κ1) is 21.9. The summed E-state index contributed by atoms with van der Waals surface area (Å²) in [6.07, 6.45) is 4.61. The van der Waals surface area contributed by atoms with E-state index in [1.54, 1.807) is 29.9 Å². The number of aryl methyl sites for hydroxylation is 1. The maximum absolute atomic E-state index is 13.7. The third kappa shape index (κ3) is 4.62. The summed E-state index contributed by atoms with van der Waals surface area (Å²) in [5, 5.41) is 4.33. The Bertz CT molecular complexity index is 1020. The molecule has 30 heavy (non-hydrogen) atoms. The van der Waals surface area contributed by atoms with Crippen molar-refractivity contribution in [1.82, 2.24) is 14.8 Å². The summed E-state index contributed by atoms with van der Waals surface area (Å²) in [6.45, 7) is 1.87. The summed E-state index contributed by atoms with van der Waals surface area (Å²) in [7, 11) is 1.73. The first-order valence-corrected chi connectivity index (χ1v) is 11.7. The molecule has 1 saturated heterocycles. The predicted octanol–water partition coefficient (Wildman–Crippen LogP) is 4.34. The van der Waals surface area contributed by atoms with E-state index in [0.29, 0.717) is 23.1 Å². The highest BCUT2D eigenvalue weighted by Crippen LogP contribution is 2.38. The zero-order valence-corrected chi connectivity index (χ0v) is 19.8. The summed E-state index contributed by atoms with van der Waals surface area (Å²) in [4.78, 5) is 27.8. The second-order valence-corrected chi connectivity index (χ2v) is 9.87. The van der Waals surface area contributed by atoms with E-state index in [0.717, 1.165) is 41.4 Å². The number of halogens is 3. The molecule has 1 aliphatic heterocycles. The quantitative estimate of drug-likeness (QED) is 0.606. The van der Waals surface area contributed by atoms with E-state index in [1.807, 2.05) is 17.0 Å². The lowest BCUT2D eigenvalue weighted by atomic mass is 9.80. The van der Waals surface area contributed by atoms with E-state index in [-0.39, 0.29) is 29.3 Å². The van der Waals surface area contributed by atoms with Crippen LogP contribution >= 0.6 is 39.1 Å². The minimum atomic E-state index is -0.215. The molecule has 5 nitrogen and oxygen atoms in total. The molecule has 160 valence electrons. The van der Waals surface area contributed by atoms with Gasteiger partial charge in [0.2, 0.25) is 5.91 Å². The van der Waals surface area contributed by atoms with E-state index < -0.39 is 0 Å². The van der Waals surface area contributed by atoms with Crippen LogP contribution < -0.4 is 10.9 Å². The van der Waals surface area contributed by atoms with Crippen molar-refractivity contribution in [2.24, 2.45) is 13.0 Å². The van der Waals surface area contributed by atoms with Crippen LogP contribution in [0.2, 0.25) is 10.0 Å². The second-order valence-electron chi connectivity index (χ2n) is 8.17. The topological polar surface area (TPSA) is 54.3 Å². The van der Waals surface area contributed by atoms with Crippen molar-refractivity contribution in [1.29, 1.82) is 0 Å². The highest BCUT2D eigenvalue weighted by atomic mass is 79.9. The van der Waals surface area contributed by atoms with E-state index in [2.05, 4.69) is 21.2 Å². The number of benzene rings is 1. The Morgan fingerprint density at radius 3 is 2.73 bits per heavy atom. The summed E-state index contributed by atoms with van der Waals surface area (Å²) < 4.78 is 2.39. The minimum absolute atomic E-state index is 0.0236. The van der Waals surface area contributed by atoms with E-state index in [9.17, 15) is 9.59 Å². The van der Waals surface area contributed by atoms with Crippen LogP contribution in [0.3, 0.4) is 0 Å². The number of hydrogen-bond acceptors (Lipinski definition) is 3. The van der Waals surface area contributed by atoms with Crippen molar-refractivity contribution < 1.29 is 4.79 Å². The number of amides is 1. The molecule has 2 atom stereocenters. The number of rotatable bonds is 5. The third-order valence-corrected chi connectivity index (χ3v) is 7.33. The molecule has 0 radical (unpaired) electrons. The molecule has 0 bridgehead atoms. The number of nitrogens with zero attached hydrogens (tertiary/aromatic N) is 2. The lowest BCUT2D eigenvalue weighted by Crippen LogP contribution is -2.47. The summed E-state index contributed by atoms with van der Waals surface area (Å²) in [5.41, 5.74) is 1.73. The highest BCUT2D eigenvalue weighted by Gasteiger charge is 2.40. The van der Waals surface area contributed by atoms with Crippen LogP contribution in [0.25, 0.3) is 0 Å². The molecule has 1 aromatic heterocycles. The monoisotopic (exact) mass is 511 g/mol. The summed E-state index contributed by atoms with van der Waals surface area (Å²) >= 11 is 16.2. The average Bonchev–Trinajstić information content (AvgIpc) is 3.56. The number of piperidine rings is 1. The van der Waals surface area contributed by atoms with Crippen LogP contribution in [0, 0.1) is 5.92 Å². The lowest BCUT2D eigenvalue weighted by molar-refractivity contribution is -0.138. The Morgan fingerprint density at radius 1 is 1.27 bits per heavy atom. The minimum Gasteiger partial charge on any atom is -0.335 e. The Hall–Kier alpha value is -1.34. The van der Waals surface area contributed by atoms with Crippen molar-refractivity contribution in [3.05, 3.63) is 66.5 Å². The molecule has 4 rings (SSSR count). The molecule has 2 heterocycles. The standard InChI is InChI=1S/C22H24BrCl2N3O2/c1-27-7-5-13(9-20(27)29)17-4-6-26-11-18(17)22(30)28(16-2-3-16)12-14-8-15(23)10-19(24)21(14)25/h5,7-10,16-18,26H,2-4,6,11-12H2,1H3/t17-,18+/m1/s1. The molecular formula is C22H24BrCl2N3O2. The number of hydrogen-bond donors (Lipinski definition) is 1. The molecule has 1 saturated carbocycles.